The fourth-order valence-corrected chi connectivity index (χ4v) is 3.69. The number of nitrogens with one attached hydrogen (secondary N) is 5. The first-order valence-corrected chi connectivity index (χ1v) is 12.7. The third-order valence-corrected chi connectivity index (χ3v) is 5.72. The van der Waals surface area contributed by atoms with Gasteiger partial charge in [0.2, 0.25) is 23.7 Å². The summed E-state index contributed by atoms with van der Waals surface area (Å²) in [7, 11) is 0. The number of alkyl carbamates (subject to hydrolysis) is 1. The summed E-state index contributed by atoms with van der Waals surface area (Å²) in [5.41, 5.74) is -0.375. The summed E-state index contributed by atoms with van der Waals surface area (Å²) in [5.74, 6) is -3.15. The van der Waals surface area contributed by atoms with E-state index in [1.54, 1.807) is 52.8 Å². The third-order valence-electron chi connectivity index (χ3n) is 5.02. The maximum absolute atomic E-state index is 12.8. The highest BCUT2D eigenvalue weighted by molar-refractivity contribution is 6.36. The van der Waals surface area contributed by atoms with Gasteiger partial charge >= 0.3 is 6.09 Å². The first-order valence-electron chi connectivity index (χ1n) is 11.9. The van der Waals surface area contributed by atoms with Gasteiger partial charge < -0.3 is 15.4 Å². The van der Waals surface area contributed by atoms with Crippen LogP contribution in [0.3, 0.4) is 0 Å². The number of ketones is 1. The molecule has 0 heterocycles. The van der Waals surface area contributed by atoms with Crippen LogP contribution < -0.4 is 21.3 Å². The van der Waals surface area contributed by atoms with Crippen LogP contribution in [0.4, 0.5) is 4.79 Å². The Balaban J connectivity index is 2.64. The number of hydrogen-bond donors (Lipinski definition) is 5. The molecule has 0 radical (unpaired) electrons. The van der Waals surface area contributed by atoms with E-state index in [0.717, 1.165) is 0 Å². The van der Waals surface area contributed by atoms with Gasteiger partial charge in [0.05, 0.1) is 12.5 Å². The van der Waals surface area contributed by atoms with Crippen LogP contribution in [-0.4, -0.2) is 53.2 Å². The summed E-state index contributed by atoms with van der Waals surface area (Å²) in [6.07, 6.45) is -1.28. The molecule has 210 valence electrons. The molecule has 0 aliphatic heterocycles. The predicted molar refractivity (Wildman–Crippen MR) is 144 cm³/mol. The summed E-state index contributed by atoms with van der Waals surface area (Å²) in [4.78, 5) is 61.5. The molecule has 1 aromatic carbocycles. The number of amides is 4. The van der Waals surface area contributed by atoms with Crippen molar-refractivity contribution in [1.82, 2.24) is 21.3 Å². The molecule has 0 saturated carbocycles. The molecule has 5 N–H and O–H groups in total. The summed E-state index contributed by atoms with van der Waals surface area (Å²) >= 11 is 12.1. The van der Waals surface area contributed by atoms with Crippen molar-refractivity contribution in [2.45, 2.75) is 78.5 Å². The molecule has 1 rings (SSSR count). The largest absolute Gasteiger partial charge is 0.444 e. The van der Waals surface area contributed by atoms with E-state index in [0.29, 0.717) is 15.6 Å². The Bertz CT molecular complexity index is 1050. The summed E-state index contributed by atoms with van der Waals surface area (Å²) in [6, 6.07) is 2.79. The normalized spacial score (nSPS) is 12.7. The second-order valence-corrected chi connectivity index (χ2v) is 10.7. The number of halogens is 2. The van der Waals surface area contributed by atoms with Gasteiger partial charge in [0, 0.05) is 16.5 Å². The zero-order valence-corrected chi connectivity index (χ0v) is 23.8. The second kappa shape index (κ2) is 14.7. The molecule has 0 aliphatic rings. The van der Waals surface area contributed by atoms with Gasteiger partial charge in [-0.05, 0) is 57.7 Å². The molecule has 0 spiro atoms. The monoisotopic (exact) mass is 571 g/mol. The standard InChI is InChI=1S/C25H35Cl2N5O6/c1-13(2)21(32-24(37)38-25(4,5)6)22(36)29-18(14(3)33)10-11-19(34)30-23(28)31-20(35)12-15-16(26)8-7-9-17(15)27/h7-9,13,18,21H,10-12H2,1-6H3,(H,29,36)(H,32,37)(H3,28,30,31,34,35)/t18-,21+/m0/s1. The van der Waals surface area contributed by atoms with Crippen molar-refractivity contribution in [3.63, 3.8) is 0 Å². The van der Waals surface area contributed by atoms with Crippen LogP contribution in [-0.2, 0) is 30.3 Å². The van der Waals surface area contributed by atoms with Crippen LogP contribution in [0.5, 0.6) is 0 Å². The molecule has 11 nitrogen and oxygen atoms in total. The predicted octanol–water partition coefficient (Wildman–Crippen LogP) is 3.11. The van der Waals surface area contributed by atoms with Gasteiger partial charge in [-0.2, -0.15) is 0 Å². The molecule has 0 fully saturated rings. The Morgan fingerprint density at radius 1 is 0.974 bits per heavy atom. The van der Waals surface area contributed by atoms with Crippen LogP contribution in [0.25, 0.3) is 0 Å². The fraction of sp³-hybridized carbons (Fsp3) is 0.520. The average Bonchev–Trinajstić information content (AvgIpc) is 2.75. The van der Waals surface area contributed by atoms with Gasteiger partial charge in [-0.1, -0.05) is 43.1 Å². The Hall–Kier alpha value is -3.18. The smallest absolute Gasteiger partial charge is 0.408 e. The number of carbonyl (C=O) groups excluding carboxylic acids is 5. The summed E-state index contributed by atoms with van der Waals surface area (Å²) in [6.45, 7) is 9.76. The highest BCUT2D eigenvalue weighted by Gasteiger charge is 2.29. The lowest BCUT2D eigenvalue weighted by Gasteiger charge is -2.26. The number of guanidine groups is 1. The number of Topliss-reactive ketones (excluding diaryl/α,β-unsaturated/α-hetero) is 1. The molecule has 0 bridgehead atoms. The topological polar surface area (TPSA) is 167 Å². The lowest BCUT2D eigenvalue weighted by atomic mass is 10.0. The van der Waals surface area contributed by atoms with Crippen LogP contribution in [0.1, 0.15) is 59.9 Å². The summed E-state index contributed by atoms with van der Waals surface area (Å²) < 4.78 is 5.20. The Kier molecular flexibility index (Phi) is 12.7. The van der Waals surface area contributed by atoms with Crippen LogP contribution in [0.15, 0.2) is 18.2 Å². The maximum Gasteiger partial charge on any atom is 0.408 e. The van der Waals surface area contributed by atoms with Gasteiger partial charge in [-0.25, -0.2) is 4.79 Å². The Morgan fingerprint density at radius 2 is 1.53 bits per heavy atom. The minimum Gasteiger partial charge on any atom is -0.444 e. The number of carbonyl (C=O) groups is 5. The first-order chi connectivity index (χ1) is 17.5. The van der Waals surface area contributed by atoms with Crippen molar-refractivity contribution in [3.8, 4) is 0 Å². The Morgan fingerprint density at radius 3 is 2.03 bits per heavy atom. The lowest BCUT2D eigenvalue weighted by molar-refractivity contribution is -0.129. The molecule has 0 aromatic heterocycles. The Labute approximate surface area is 232 Å². The van der Waals surface area contributed by atoms with E-state index in [2.05, 4.69) is 21.3 Å². The number of hydrogen-bond acceptors (Lipinski definition) is 7. The minimum atomic E-state index is -1.01. The van der Waals surface area contributed by atoms with E-state index in [1.165, 1.54) is 6.92 Å². The molecule has 2 atom stereocenters. The van der Waals surface area contributed by atoms with Crippen LogP contribution in [0.2, 0.25) is 10.0 Å². The van der Waals surface area contributed by atoms with E-state index in [-0.39, 0.29) is 25.2 Å². The third kappa shape index (κ3) is 11.9. The van der Waals surface area contributed by atoms with Gasteiger partial charge in [0.15, 0.2) is 5.78 Å². The SMILES string of the molecule is CC(=O)[C@H](CCC(=O)NC(=N)NC(=O)Cc1c(Cl)cccc1Cl)NC(=O)[C@H](NC(=O)OC(C)(C)C)C(C)C. The minimum absolute atomic E-state index is 0.0688. The van der Waals surface area contributed by atoms with Gasteiger partial charge in [-0.3, -0.25) is 35.2 Å². The second-order valence-electron chi connectivity index (χ2n) is 9.93. The van der Waals surface area contributed by atoms with Gasteiger partial charge in [-0.15, -0.1) is 0 Å². The van der Waals surface area contributed by atoms with Gasteiger partial charge in [0.1, 0.15) is 11.6 Å². The first kappa shape index (κ1) is 32.8. The molecule has 13 heteroatoms. The molecule has 0 saturated heterocycles. The van der Waals surface area contributed by atoms with Crippen molar-refractivity contribution >= 4 is 58.8 Å². The number of ether oxygens (including phenoxy) is 1. The van der Waals surface area contributed by atoms with Crippen molar-refractivity contribution < 1.29 is 28.7 Å². The average molecular weight is 572 g/mol. The van der Waals surface area contributed by atoms with Crippen LogP contribution in [0, 0.1) is 11.3 Å². The van der Waals surface area contributed by atoms with E-state index < -0.39 is 53.2 Å². The van der Waals surface area contributed by atoms with Crippen molar-refractivity contribution in [2.24, 2.45) is 5.92 Å². The highest BCUT2D eigenvalue weighted by Crippen LogP contribution is 2.24. The number of rotatable bonds is 10. The van der Waals surface area contributed by atoms with Crippen molar-refractivity contribution in [1.29, 1.82) is 5.41 Å². The van der Waals surface area contributed by atoms with E-state index in [9.17, 15) is 24.0 Å². The quantitative estimate of drug-likeness (QED) is 0.213. The van der Waals surface area contributed by atoms with Crippen LogP contribution >= 0.6 is 23.2 Å². The zero-order valence-electron chi connectivity index (χ0n) is 22.3. The van der Waals surface area contributed by atoms with E-state index in [1.807, 2.05) is 0 Å². The highest BCUT2D eigenvalue weighted by atomic mass is 35.5. The van der Waals surface area contributed by atoms with Crippen molar-refractivity contribution in [3.05, 3.63) is 33.8 Å². The summed E-state index contributed by atoms with van der Waals surface area (Å²) in [5, 5.41) is 17.9. The fourth-order valence-electron chi connectivity index (χ4n) is 3.16. The zero-order chi connectivity index (χ0) is 29.2. The van der Waals surface area contributed by atoms with E-state index >= 15 is 0 Å². The molecular weight excluding hydrogens is 537 g/mol. The molecule has 0 aliphatic carbocycles. The maximum atomic E-state index is 12.8. The lowest BCUT2D eigenvalue weighted by Crippen LogP contribution is -2.54. The van der Waals surface area contributed by atoms with E-state index in [4.69, 9.17) is 33.3 Å². The molecule has 4 amide bonds. The number of benzene rings is 1. The molecule has 38 heavy (non-hydrogen) atoms. The molecule has 1 aromatic rings. The molecule has 0 unspecified atom stereocenters. The van der Waals surface area contributed by atoms with Gasteiger partial charge in [0.25, 0.3) is 0 Å². The molecular formula is C25H35Cl2N5O6. The van der Waals surface area contributed by atoms with Crippen molar-refractivity contribution in [2.75, 3.05) is 0 Å².